The van der Waals surface area contributed by atoms with Crippen LogP contribution < -0.4 is 32.7 Å². The van der Waals surface area contributed by atoms with Crippen molar-refractivity contribution in [3.05, 3.63) is 35.9 Å². The lowest BCUT2D eigenvalue weighted by Crippen LogP contribution is -2.49. The molecule has 0 aliphatic carbocycles. The van der Waals surface area contributed by atoms with E-state index in [1.54, 1.807) is 24.3 Å². The van der Waals surface area contributed by atoms with Crippen LogP contribution >= 0.6 is 0 Å². The first-order chi connectivity index (χ1) is 11.7. The molecule has 0 heterocycles. The van der Waals surface area contributed by atoms with Crippen LogP contribution in [0.4, 0.5) is 0 Å². The highest BCUT2D eigenvalue weighted by molar-refractivity contribution is 5.97. The average Bonchev–Trinajstić information content (AvgIpc) is 2.61. The quantitative estimate of drug-likeness (QED) is 0.215. The minimum Gasteiger partial charge on any atom is -0.342 e. The number of unbranched alkanes of at least 4 members (excludes halogenated alkanes) is 1. The van der Waals surface area contributed by atoms with Crippen molar-refractivity contribution < 1.29 is 9.59 Å². The van der Waals surface area contributed by atoms with Gasteiger partial charge in [0.15, 0.2) is 0 Å². The SMILES string of the molecule is NCCCC[C@@H](NC(=O)c1ccccc1)C(=O)NCNCNCN. The topological polar surface area (TPSA) is 134 Å². The molecule has 1 aromatic rings. The summed E-state index contributed by atoms with van der Waals surface area (Å²) < 4.78 is 0. The van der Waals surface area contributed by atoms with Gasteiger partial charge in [0.1, 0.15) is 6.04 Å². The predicted molar refractivity (Wildman–Crippen MR) is 93.8 cm³/mol. The van der Waals surface area contributed by atoms with Crippen LogP contribution in [0.1, 0.15) is 29.6 Å². The molecule has 0 bridgehead atoms. The first-order valence-corrected chi connectivity index (χ1v) is 8.14. The van der Waals surface area contributed by atoms with E-state index >= 15 is 0 Å². The van der Waals surface area contributed by atoms with E-state index in [0.29, 0.717) is 38.5 Å². The fraction of sp³-hybridized carbons (Fsp3) is 0.500. The van der Waals surface area contributed by atoms with Crippen molar-refractivity contribution in [2.75, 3.05) is 26.6 Å². The lowest BCUT2D eigenvalue weighted by atomic mass is 10.1. The summed E-state index contributed by atoms with van der Waals surface area (Å²) in [5.74, 6) is -0.488. The number of hydrogen-bond donors (Lipinski definition) is 6. The number of carbonyl (C=O) groups is 2. The van der Waals surface area contributed by atoms with E-state index in [-0.39, 0.29) is 11.8 Å². The van der Waals surface area contributed by atoms with Crippen LogP contribution in [0.25, 0.3) is 0 Å². The van der Waals surface area contributed by atoms with Crippen molar-refractivity contribution in [1.29, 1.82) is 0 Å². The van der Waals surface area contributed by atoms with Crippen LogP contribution in [0.3, 0.4) is 0 Å². The third-order valence-corrected chi connectivity index (χ3v) is 3.39. The second kappa shape index (κ2) is 12.4. The van der Waals surface area contributed by atoms with Crippen LogP contribution in [0.5, 0.6) is 0 Å². The highest BCUT2D eigenvalue weighted by Crippen LogP contribution is 2.04. The molecule has 8 heteroatoms. The first-order valence-electron chi connectivity index (χ1n) is 8.14. The third-order valence-electron chi connectivity index (χ3n) is 3.39. The molecule has 0 radical (unpaired) electrons. The third kappa shape index (κ3) is 8.02. The van der Waals surface area contributed by atoms with Crippen molar-refractivity contribution in [3.63, 3.8) is 0 Å². The predicted octanol–water partition coefficient (Wildman–Crippen LogP) is -0.959. The summed E-state index contributed by atoms with van der Waals surface area (Å²) in [5, 5.41) is 11.4. The summed E-state index contributed by atoms with van der Waals surface area (Å²) in [6, 6.07) is 8.24. The zero-order chi connectivity index (χ0) is 17.6. The van der Waals surface area contributed by atoms with Crippen LogP contribution in [0.15, 0.2) is 30.3 Å². The molecule has 0 aromatic heterocycles. The van der Waals surface area contributed by atoms with E-state index in [0.717, 1.165) is 12.8 Å². The molecule has 8 N–H and O–H groups in total. The Morgan fingerprint density at radius 1 is 1.00 bits per heavy atom. The average molecular weight is 336 g/mol. The molecule has 0 fully saturated rings. The smallest absolute Gasteiger partial charge is 0.251 e. The standard InChI is InChI=1S/C16H28N6O2/c17-9-5-4-8-14(16(24)21-12-20-11-19-10-18)22-15(23)13-6-2-1-3-7-13/h1-3,6-7,14,19-20H,4-5,8-12,17-18H2,(H,21,24)(H,22,23)/t14-/m1/s1. The highest BCUT2D eigenvalue weighted by atomic mass is 16.2. The zero-order valence-corrected chi connectivity index (χ0v) is 13.9. The molecule has 0 aliphatic rings. The van der Waals surface area contributed by atoms with Gasteiger partial charge in [-0.3, -0.25) is 20.2 Å². The number of nitrogens with two attached hydrogens (primary N) is 2. The molecule has 2 amide bonds. The van der Waals surface area contributed by atoms with Gasteiger partial charge in [-0.2, -0.15) is 0 Å². The Morgan fingerprint density at radius 2 is 1.75 bits per heavy atom. The molecule has 1 aromatic carbocycles. The number of hydrogen-bond acceptors (Lipinski definition) is 6. The minimum absolute atomic E-state index is 0.225. The van der Waals surface area contributed by atoms with Gasteiger partial charge in [-0.1, -0.05) is 18.2 Å². The summed E-state index contributed by atoms with van der Waals surface area (Å²) in [7, 11) is 0. The number of rotatable bonds is 12. The molecule has 0 unspecified atom stereocenters. The maximum absolute atomic E-state index is 12.3. The van der Waals surface area contributed by atoms with Gasteiger partial charge < -0.3 is 22.1 Å². The lowest BCUT2D eigenvalue weighted by molar-refractivity contribution is -0.123. The molecule has 1 atom stereocenters. The normalized spacial score (nSPS) is 11.8. The largest absolute Gasteiger partial charge is 0.342 e. The summed E-state index contributed by atoms with van der Waals surface area (Å²) in [5.41, 5.74) is 11.3. The molecule has 134 valence electrons. The van der Waals surface area contributed by atoms with Crippen molar-refractivity contribution in [2.45, 2.75) is 25.3 Å². The molecule has 1 rings (SSSR count). The Hall–Kier alpha value is -2.00. The van der Waals surface area contributed by atoms with Gasteiger partial charge in [0.05, 0.1) is 6.67 Å². The first kappa shape index (κ1) is 20.0. The molecular weight excluding hydrogens is 308 g/mol. The van der Waals surface area contributed by atoms with Gasteiger partial charge in [0.2, 0.25) is 5.91 Å². The number of nitrogens with one attached hydrogen (secondary N) is 4. The Balaban J connectivity index is 2.52. The number of amides is 2. The van der Waals surface area contributed by atoms with Gasteiger partial charge in [-0.15, -0.1) is 0 Å². The zero-order valence-electron chi connectivity index (χ0n) is 13.9. The van der Waals surface area contributed by atoms with Crippen molar-refractivity contribution in [1.82, 2.24) is 21.3 Å². The number of benzene rings is 1. The van der Waals surface area contributed by atoms with Crippen molar-refractivity contribution in [2.24, 2.45) is 11.5 Å². The van der Waals surface area contributed by atoms with E-state index in [2.05, 4.69) is 21.3 Å². The van der Waals surface area contributed by atoms with Gasteiger partial charge in [-0.25, -0.2) is 0 Å². The van der Waals surface area contributed by atoms with Crippen LogP contribution in [-0.4, -0.2) is 44.4 Å². The Morgan fingerprint density at radius 3 is 2.42 bits per heavy atom. The maximum Gasteiger partial charge on any atom is 0.251 e. The van der Waals surface area contributed by atoms with E-state index < -0.39 is 6.04 Å². The summed E-state index contributed by atoms with van der Waals surface area (Å²) in [6.07, 6.45) is 2.12. The highest BCUT2D eigenvalue weighted by Gasteiger charge is 2.20. The fourth-order valence-electron chi connectivity index (χ4n) is 2.09. The second-order valence-corrected chi connectivity index (χ2v) is 5.28. The monoisotopic (exact) mass is 336 g/mol. The van der Waals surface area contributed by atoms with Gasteiger partial charge in [0.25, 0.3) is 5.91 Å². The minimum atomic E-state index is -0.589. The molecule has 0 spiro atoms. The van der Waals surface area contributed by atoms with E-state index in [9.17, 15) is 9.59 Å². The van der Waals surface area contributed by atoms with Crippen molar-refractivity contribution in [3.8, 4) is 0 Å². The fourth-order valence-corrected chi connectivity index (χ4v) is 2.09. The number of carbonyl (C=O) groups excluding carboxylic acids is 2. The van der Waals surface area contributed by atoms with E-state index in [1.807, 2.05) is 6.07 Å². The Labute approximate surface area is 142 Å². The molecule has 0 saturated carbocycles. The molecule has 8 nitrogen and oxygen atoms in total. The summed E-state index contributed by atoms with van der Waals surface area (Å²) >= 11 is 0. The second-order valence-electron chi connectivity index (χ2n) is 5.28. The summed E-state index contributed by atoms with van der Waals surface area (Å²) in [4.78, 5) is 24.5. The van der Waals surface area contributed by atoms with Crippen LogP contribution in [0, 0.1) is 0 Å². The van der Waals surface area contributed by atoms with Gasteiger partial charge >= 0.3 is 0 Å². The molecular formula is C16H28N6O2. The lowest BCUT2D eigenvalue weighted by Gasteiger charge is -2.19. The molecule has 0 aliphatic heterocycles. The summed E-state index contributed by atoms with van der Waals surface area (Å²) in [6.45, 7) is 1.70. The van der Waals surface area contributed by atoms with Gasteiger partial charge in [0, 0.05) is 18.9 Å². The van der Waals surface area contributed by atoms with Crippen LogP contribution in [0.2, 0.25) is 0 Å². The Kier molecular flexibility index (Phi) is 10.4. The maximum atomic E-state index is 12.3. The van der Waals surface area contributed by atoms with E-state index in [1.165, 1.54) is 0 Å². The van der Waals surface area contributed by atoms with E-state index in [4.69, 9.17) is 11.5 Å². The van der Waals surface area contributed by atoms with Crippen LogP contribution in [-0.2, 0) is 4.79 Å². The van der Waals surface area contributed by atoms with Gasteiger partial charge in [-0.05, 0) is 37.9 Å². The Bertz CT molecular complexity index is 483. The van der Waals surface area contributed by atoms with Crippen molar-refractivity contribution >= 4 is 11.8 Å². The molecule has 24 heavy (non-hydrogen) atoms. The molecule has 0 saturated heterocycles.